The quantitative estimate of drug-likeness (QED) is 0.314. The van der Waals surface area contributed by atoms with Gasteiger partial charge in [-0.1, -0.05) is 84.9 Å². The molecule has 1 aliphatic rings. The molecule has 4 aromatic carbocycles. The molecule has 0 bridgehead atoms. The van der Waals surface area contributed by atoms with Gasteiger partial charge in [0, 0.05) is 29.8 Å². The number of aryl methyl sites for hydroxylation is 2. The van der Waals surface area contributed by atoms with Crippen LogP contribution in [-0.2, 0) is 19.4 Å². The van der Waals surface area contributed by atoms with E-state index in [2.05, 4.69) is 77.4 Å². The van der Waals surface area contributed by atoms with Gasteiger partial charge in [0.1, 0.15) is 0 Å². The molecule has 0 unspecified atom stereocenters. The Morgan fingerprint density at radius 3 is 2.09 bits per heavy atom. The van der Waals surface area contributed by atoms with Gasteiger partial charge >= 0.3 is 0 Å². The summed E-state index contributed by atoms with van der Waals surface area (Å²) in [4.78, 5) is 12.8. The van der Waals surface area contributed by atoms with Crippen LogP contribution in [-0.4, -0.2) is 11.9 Å². The largest absolute Gasteiger partial charge is 0.322 e. The molecule has 0 saturated heterocycles. The van der Waals surface area contributed by atoms with E-state index in [1.165, 1.54) is 22.3 Å². The summed E-state index contributed by atoms with van der Waals surface area (Å²) in [5, 5.41) is 6.70. The number of hydrogen-bond acceptors (Lipinski definition) is 2. The Kier molecular flexibility index (Phi) is 6.83. The fourth-order valence-corrected chi connectivity index (χ4v) is 4.45. The van der Waals surface area contributed by atoms with E-state index in [0.717, 1.165) is 31.5 Å². The molecular weight excluding hydrogens is 416 g/mol. The first-order valence-electron chi connectivity index (χ1n) is 12.1. The van der Waals surface area contributed by atoms with E-state index in [-0.39, 0.29) is 5.91 Å². The second-order valence-corrected chi connectivity index (χ2v) is 9.08. The van der Waals surface area contributed by atoms with Crippen LogP contribution in [0.3, 0.4) is 0 Å². The number of anilines is 1. The van der Waals surface area contributed by atoms with Gasteiger partial charge in [-0.2, -0.15) is 0 Å². The van der Waals surface area contributed by atoms with Crippen LogP contribution in [0.15, 0.2) is 109 Å². The molecule has 1 amide bonds. The van der Waals surface area contributed by atoms with E-state index in [9.17, 15) is 4.79 Å². The third-order valence-electron chi connectivity index (χ3n) is 6.53. The molecule has 3 nitrogen and oxygen atoms in total. The van der Waals surface area contributed by atoms with Crippen molar-refractivity contribution in [2.75, 3.05) is 5.32 Å². The zero-order chi connectivity index (χ0) is 23.2. The standard InChI is InChI=1S/C31H30N2O/c34-31(27-13-7-12-24(20-27)15-14-23-8-3-1-4-9-23)33-28-18-16-26(17-19-28)29-21-30(29)32-22-25-10-5-2-6-11-25/h1-13,16-20,29-30,32H,14-15,21-22H2,(H,33,34)/t29-,30+/m0/s1. The fraction of sp³-hybridized carbons (Fsp3) is 0.194. The molecule has 3 heteroatoms. The maximum Gasteiger partial charge on any atom is 0.255 e. The van der Waals surface area contributed by atoms with Gasteiger partial charge in [0.25, 0.3) is 5.91 Å². The van der Waals surface area contributed by atoms with Crippen LogP contribution in [0.4, 0.5) is 5.69 Å². The Morgan fingerprint density at radius 1 is 0.706 bits per heavy atom. The third-order valence-corrected chi connectivity index (χ3v) is 6.53. The first kappa shape index (κ1) is 22.1. The monoisotopic (exact) mass is 446 g/mol. The first-order valence-corrected chi connectivity index (χ1v) is 12.1. The molecule has 0 aromatic heterocycles. The minimum absolute atomic E-state index is 0.0665. The SMILES string of the molecule is O=C(Nc1ccc([C@@H]2C[C@H]2NCc2ccccc2)cc1)c1cccc(CCc2ccccc2)c1. The maximum absolute atomic E-state index is 12.8. The van der Waals surface area contributed by atoms with E-state index >= 15 is 0 Å². The predicted octanol–water partition coefficient (Wildman–Crippen LogP) is 6.37. The van der Waals surface area contributed by atoms with Crippen molar-refractivity contribution in [2.45, 2.75) is 37.8 Å². The summed E-state index contributed by atoms with van der Waals surface area (Å²) in [6.07, 6.45) is 3.05. The molecule has 1 fully saturated rings. The minimum atomic E-state index is -0.0665. The number of benzene rings is 4. The van der Waals surface area contributed by atoms with Gasteiger partial charge in [0.05, 0.1) is 0 Å². The van der Waals surface area contributed by atoms with Crippen molar-refractivity contribution < 1.29 is 4.79 Å². The number of hydrogen-bond donors (Lipinski definition) is 2. The Morgan fingerprint density at radius 2 is 1.35 bits per heavy atom. The highest BCUT2D eigenvalue weighted by atomic mass is 16.1. The molecule has 1 saturated carbocycles. The number of rotatable bonds is 9. The normalized spacial score (nSPS) is 16.7. The molecule has 2 atom stereocenters. The highest BCUT2D eigenvalue weighted by Crippen LogP contribution is 2.41. The lowest BCUT2D eigenvalue weighted by Gasteiger charge is -2.09. The lowest BCUT2D eigenvalue weighted by molar-refractivity contribution is 0.102. The van der Waals surface area contributed by atoms with Crippen LogP contribution < -0.4 is 10.6 Å². The van der Waals surface area contributed by atoms with Gasteiger partial charge < -0.3 is 10.6 Å². The van der Waals surface area contributed by atoms with Gasteiger partial charge in [-0.3, -0.25) is 4.79 Å². The summed E-state index contributed by atoms with van der Waals surface area (Å²) < 4.78 is 0. The topological polar surface area (TPSA) is 41.1 Å². The molecule has 4 aromatic rings. The van der Waals surface area contributed by atoms with Gasteiger partial charge in [-0.15, -0.1) is 0 Å². The van der Waals surface area contributed by atoms with E-state index in [1.54, 1.807) is 0 Å². The smallest absolute Gasteiger partial charge is 0.255 e. The molecule has 34 heavy (non-hydrogen) atoms. The van der Waals surface area contributed by atoms with Crippen molar-refractivity contribution >= 4 is 11.6 Å². The first-order chi connectivity index (χ1) is 16.7. The predicted molar refractivity (Wildman–Crippen MR) is 139 cm³/mol. The van der Waals surface area contributed by atoms with Crippen LogP contribution in [0.5, 0.6) is 0 Å². The minimum Gasteiger partial charge on any atom is -0.322 e. The maximum atomic E-state index is 12.8. The van der Waals surface area contributed by atoms with Crippen LogP contribution in [0.2, 0.25) is 0 Å². The van der Waals surface area contributed by atoms with Gasteiger partial charge in [-0.25, -0.2) is 0 Å². The van der Waals surface area contributed by atoms with Gasteiger partial charge in [-0.05, 0) is 65.8 Å². The molecular formula is C31H30N2O. The van der Waals surface area contributed by atoms with E-state index < -0.39 is 0 Å². The molecule has 1 aliphatic carbocycles. The fourth-order valence-electron chi connectivity index (χ4n) is 4.45. The lowest BCUT2D eigenvalue weighted by atomic mass is 10.0. The molecule has 2 N–H and O–H groups in total. The summed E-state index contributed by atoms with van der Waals surface area (Å²) in [5.41, 5.74) is 6.65. The van der Waals surface area contributed by atoms with Crippen molar-refractivity contribution in [1.29, 1.82) is 0 Å². The second kappa shape index (κ2) is 10.5. The zero-order valence-electron chi connectivity index (χ0n) is 19.3. The molecule has 5 rings (SSSR count). The number of carbonyl (C=O) groups is 1. The van der Waals surface area contributed by atoms with Crippen LogP contribution in [0.25, 0.3) is 0 Å². The Labute approximate surface area is 201 Å². The van der Waals surface area contributed by atoms with Crippen molar-refractivity contribution in [3.05, 3.63) is 137 Å². The summed E-state index contributed by atoms with van der Waals surface area (Å²) in [5.74, 6) is 0.484. The van der Waals surface area contributed by atoms with Crippen LogP contribution in [0, 0.1) is 0 Å². The average molecular weight is 447 g/mol. The highest BCUT2D eigenvalue weighted by Gasteiger charge is 2.37. The molecule has 0 aliphatic heterocycles. The van der Waals surface area contributed by atoms with Gasteiger partial charge in [0.15, 0.2) is 0 Å². The Balaban J connectivity index is 1.13. The Bertz CT molecular complexity index is 1220. The molecule has 0 heterocycles. The summed E-state index contributed by atoms with van der Waals surface area (Å²) in [6.45, 7) is 0.903. The number of nitrogens with one attached hydrogen (secondary N) is 2. The zero-order valence-corrected chi connectivity index (χ0v) is 19.3. The van der Waals surface area contributed by atoms with Crippen LogP contribution >= 0.6 is 0 Å². The van der Waals surface area contributed by atoms with Crippen LogP contribution in [0.1, 0.15) is 45.0 Å². The van der Waals surface area contributed by atoms with E-state index in [4.69, 9.17) is 0 Å². The Hall–Kier alpha value is -3.69. The third kappa shape index (κ3) is 5.81. The second-order valence-electron chi connectivity index (χ2n) is 9.08. The van der Waals surface area contributed by atoms with Gasteiger partial charge in [0.2, 0.25) is 0 Å². The average Bonchev–Trinajstić information content (AvgIpc) is 3.68. The summed E-state index contributed by atoms with van der Waals surface area (Å²) >= 11 is 0. The van der Waals surface area contributed by atoms with Crippen molar-refractivity contribution in [3.63, 3.8) is 0 Å². The molecule has 170 valence electrons. The summed E-state index contributed by atoms with van der Waals surface area (Å²) in [7, 11) is 0. The number of carbonyl (C=O) groups excluding carboxylic acids is 1. The highest BCUT2D eigenvalue weighted by molar-refractivity contribution is 6.04. The van der Waals surface area contributed by atoms with Crippen molar-refractivity contribution in [3.8, 4) is 0 Å². The lowest BCUT2D eigenvalue weighted by Crippen LogP contribution is -2.17. The molecule has 0 spiro atoms. The number of amides is 1. The van der Waals surface area contributed by atoms with Crippen molar-refractivity contribution in [1.82, 2.24) is 5.32 Å². The molecule has 0 radical (unpaired) electrons. The van der Waals surface area contributed by atoms with E-state index in [0.29, 0.717) is 17.5 Å². The van der Waals surface area contributed by atoms with E-state index in [1.807, 2.05) is 42.5 Å². The summed E-state index contributed by atoms with van der Waals surface area (Å²) in [6, 6.07) is 37.7. The van der Waals surface area contributed by atoms with Crippen molar-refractivity contribution in [2.24, 2.45) is 0 Å².